The number of halogens is 2. The minimum absolute atomic E-state index is 0.0791. The Balaban J connectivity index is 1.74. The lowest BCUT2D eigenvalue weighted by molar-refractivity contribution is -0.110. The van der Waals surface area contributed by atoms with Crippen LogP contribution in [-0.2, 0) is 14.8 Å². The van der Waals surface area contributed by atoms with Crippen molar-refractivity contribution < 1.29 is 17.6 Å². The third-order valence-electron chi connectivity index (χ3n) is 4.22. The minimum Gasteiger partial charge on any atom is -0.457 e. The standard InChI is InChI=1S/C19H12Cl2N2O4S/c20-15-4-1-10(7-16(15)21)18-6-2-11(27-18)8-14-13-9-12(28(22,25)26)3-5-17(13)23-19(14)24/h1-9H,(H,23,24)(H2,22,25,26). The molecule has 1 aliphatic rings. The fourth-order valence-electron chi connectivity index (χ4n) is 2.86. The number of nitrogens with two attached hydrogens (primary N) is 1. The molecule has 0 fully saturated rings. The van der Waals surface area contributed by atoms with Gasteiger partial charge in [0.15, 0.2) is 0 Å². The van der Waals surface area contributed by atoms with Gasteiger partial charge in [-0.05, 0) is 54.6 Å². The maximum absolute atomic E-state index is 12.3. The number of rotatable bonds is 3. The summed E-state index contributed by atoms with van der Waals surface area (Å²) in [5, 5.41) is 8.70. The predicted octanol–water partition coefficient (Wildman–Crippen LogP) is 4.39. The number of furan rings is 1. The molecule has 0 radical (unpaired) electrons. The average Bonchev–Trinajstić information content (AvgIpc) is 3.21. The summed E-state index contributed by atoms with van der Waals surface area (Å²) in [6.07, 6.45) is 1.54. The third kappa shape index (κ3) is 3.45. The Kier molecular flexibility index (Phi) is 4.55. The molecule has 2 heterocycles. The first-order valence-corrected chi connectivity index (χ1v) is 10.3. The van der Waals surface area contributed by atoms with E-state index in [4.69, 9.17) is 32.8 Å². The molecule has 0 bridgehead atoms. The Morgan fingerprint density at radius 1 is 1.00 bits per heavy atom. The first kappa shape index (κ1) is 18.8. The molecule has 6 nitrogen and oxygen atoms in total. The van der Waals surface area contributed by atoms with Gasteiger partial charge in [0, 0.05) is 16.8 Å². The molecule has 3 aromatic rings. The van der Waals surface area contributed by atoms with E-state index in [2.05, 4.69) is 5.32 Å². The highest BCUT2D eigenvalue weighted by Gasteiger charge is 2.26. The number of carbonyl (C=O) groups is 1. The van der Waals surface area contributed by atoms with Gasteiger partial charge in [0.05, 0.1) is 20.5 Å². The van der Waals surface area contributed by atoms with Crippen molar-refractivity contribution in [3.05, 3.63) is 69.9 Å². The molecule has 1 amide bonds. The quantitative estimate of drug-likeness (QED) is 0.596. The van der Waals surface area contributed by atoms with Gasteiger partial charge in [-0.1, -0.05) is 23.2 Å². The van der Waals surface area contributed by atoms with Crippen molar-refractivity contribution in [2.75, 3.05) is 5.32 Å². The molecule has 0 unspecified atom stereocenters. The van der Waals surface area contributed by atoms with Crippen molar-refractivity contribution >= 4 is 56.5 Å². The van der Waals surface area contributed by atoms with E-state index in [1.807, 2.05) is 0 Å². The van der Waals surface area contributed by atoms with Crippen molar-refractivity contribution in [2.24, 2.45) is 5.14 Å². The van der Waals surface area contributed by atoms with Crippen molar-refractivity contribution in [3.63, 3.8) is 0 Å². The zero-order valence-electron chi connectivity index (χ0n) is 14.1. The van der Waals surface area contributed by atoms with Crippen LogP contribution >= 0.6 is 23.2 Å². The Morgan fingerprint density at radius 3 is 2.50 bits per heavy atom. The number of nitrogens with one attached hydrogen (secondary N) is 1. The van der Waals surface area contributed by atoms with E-state index in [0.29, 0.717) is 32.8 Å². The predicted molar refractivity (Wildman–Crippen MR) is 108 cm³/mol. The van der Waals surface area contributed by atoms with Crippen molar-refractivity contribution in [3.8, 4) is 11.3 Å². The van der Waals surface area contributed by atoms with Gasteiger partial charge in [0.1, 0.15) is 11.5 Å². The van der Waals surface area contributed by atoms with Gasteiger partial charge in [-0.25, -0.2) is 13.6 Å². The molecule has 0 saturated carbocycles. The number of hydrogen-bond acceptors (Lipinski definition) is 4. The van der Waals surface area contributed by atoms with Crippen LogP contribution < -0.4 is 10.5 Å². The lowest BCUT2D eigenvalue weighted by Gasteiger charge is -2.02. The normalized spacial score (nSPS) is 15.0. The lowest BCUT2D eigenvalue weighted by atomic mass is 10.1. The number of hydrogen-bond donors (Lipinski definition) is 2. The molecular formula is C19H12Cl2N2O4S. The number of carbonyl (C=O) groups excluding carboxylic acids is 1. The SMILES string of the molecule is NS(=O)(=O)c1ccc2c(c1)C(=Cc1ccc(-c3ccc(Cl)c(Cl)c3)o1)C(=O)N2. The maximum Gasteiger partial charge on any atom is 0.256 e. The maximum atomic E-state index is 12.3. The van der Waals surface area contributed by atoms with E-state index in [-0.39, 0.29) is 16.4 Å². The molecule has 1 aliphatic heterocycles. The molecular weight excluding hydrogens is 423 g/mol. The second-order valence-corrected chi connectivity index (χ2v) is 8.47. The molecule has 0 aliphatic carbocycles. The first-order valence-electron chi connectivity index (χ1n) is 7.98. The van der Waals surface area contributed by atoms with Crippen molar-refractivity contribution in [2.45, 2.75) is 4.90 Å². The summed E-state index contributed by atoms with van der Waals surface area (Å²) in [5.74, 6) is 0.594. The van der Waals surface area contributed by atoms with Gasteiger partial charge in [-0.3, -0.25) is 4.79 Å². The van der Waals surface area contributed by atoms with Crippen LogP contribution in [0, 0.1) is 0 Å². The molecule has 28 heavy (non-hydrogen) atoms. The molecule has 0 atom stereocenters. The number of fused-ring (bicyclic) bond motifs is 1. The Bertz CT molecular complexity index is 1260. The highest BCUT2D eigenvalue weighted by atomic mass is 35.5. The van der Waals surface area contributed by atoms with Crippen LogP contribution in [0.4, 0.5) is 5.69 Å². The van der Waals surface area contributed by atoms with Gasteiger partial charge in [0.25, 0.3) is 5.91 Å². The van der Waals surface area contributed by atoms with E-state index in [1.54, 1.807) is 30.3 Å². The third-order valence-corrected chi connectivity index (χ3v) is 5.87. The highest BCUT2D eigenvalue weighted by Crippen LogP contribution is 2.36. The van der Waals surface area contributed by atoms with E-state index in [9.17, 15) is 13.2 Å². The van der Waals surface area contributed by atoms with Crippen LogP contribution in [0.2, 0.25) is 10.0 Å². The topological polar surface area (TPSA) is 102 Å². The summed E-state index contributed by atoms with van der Waals surface area (Å²) in [7, 11) is -3.89. The van der Waals surface area contributed by atoms with Crippen LogP contribution in [0.5, 0.6) is 0 Å². The second kappa shape index (κ2) is 6.79. The van der Waals surface area contributed by atoms with E-state index < -0.39 is 10.0 Å². The van der Waals surface area contributed by atoms with Gasteiger partial charge in [0.2, 0.25) is 10.0 Å². The highest BCUT2D eigenvalue weighted by molar-refractivity contribution is 7.89. The van der Waals surface area contributed by atoms with Crippen molar-refractivity contribution in [1.82, 2.24) is 0 Å². The van der Waals surface area contributed by atoms with E-state index in [0.717, 1.165) is 5.56 Å². The summed E-state index contributed by atoms with van der Waals surface area (Å²) in [5.41, 5.74) is 1.94. The van der Waals surface area contributed by atoms with Gasteiger partial charge in [-0.15, -0.1) is 0 Å². The minimum atomic E-state index is -3.89. The van der Waals surface area contributed by atoms with Gasteiger partial charge >= 0.3 is 0 Å². The van der Waals surface area contributed by atoms with E-state index in [1.165, 1.54) is 24.3 Å². The zero-order chi connectivity index (χ0) is 20.1. The van der Waals surface area contributed by atoms with Crippen LogP contribution in [0.3, 0.4) is 0 Å². The largest absolute Gasteiger partial charge is 0.457 e. The molecule has 142 valence electrons. The first-order chi connectivity index (χ1) is 13.2. The summed E-state index contributed by atoms with van der Waals surface area (Å²) in [4.78, 5) is 12.2. The van der Waals surface area contributed by atoms with Crippen LogP contribution in [0.25, 0.3) is 23.0 Å². The Morgan fingerprint density at radius 2 is 1.79 bits per heavy atom. The van der Waals surface area contributed by atoms with E-state index >= 15 is 0 Å². The molecule has 4 rings (SSSR count). The Hall–Kier alpha value is -2.58. The fourth-order valence-corrected chi connectivity index (χ4v) is 3.70. The zero-order valence-corrected chi connectivity index (χ0v) is 16.4. The molecule has 2 aromatic carbocycles. The summed E-state index contributed by atoms with van der Waals surface area (Å²) in [6.45, 7) is 0. The lowest BCUT2D eigenvalue weighted by Crippen LogP contribution is -2.12. The summed E-state index contributed by atoms with van der Waals surface area (Å²) in [6, 6.07) is 12.7. The molecule has 0 saturated heterocycles. The smallest absolute Gasteiger partial charge is 0.256 e. The Labute approximate surface area is 170 Å². The number of sulfonamides is 1. The number of benzene rings is 2. The molecule has 9 heteroatoms. The number of anilines is 1. The molecule has 1 aromatic heterocycles. The summed E-state index contributed by atoms with van der Waals surface area (Å²) >= 11 is 12.0. The number of primary sulfonamides is 1. The van der Waals surface area contributed by atoms with Crippen LogP contribution in [0.15, 0.2) is 57.8 Å². The molecule has 0 spiro atoms. The van der Waals surface area contributed by atoms with Gasteiger partial charge in [-0.2, -0.15) is 0 Å². The van der Waals surface area contributed by atoms with Crippen LogP contribution in [-0.4, -0.2) is 14.3 Å². The van der Waals surface area contributed by atoms with Gasteiger partial charge < -0.3 is 9.73 Å². The second-order valence-electron chi connectivity index (χ2n) is 6.10. The van der Waals surface area contributed by atoms with Crippen molar-refractivity contribution in [1.29, 1.82) is 0 Å². The average molecular weight is 435 g/mol. The fraction of sp³-hybridized carbons (Fsp3) is 0. The monoisotopic (exact) mass is 434 g/mol. The summed E-state index contributed by atoms with van der Waals surface area (Å²) < 4.78 is 29.0. The number of amides is 1. The van der Waals surface area contributed by atoms with Crippen LogP contribution in [0.1, 0.15) is 11.3 Å². The molecule has 3 N–H and O–H groups in total.